The third kappa shape index (κ3) is 3.64. The molecular formula is C20H12ClF2N3O3S. The van der Waals surface area contributed by atoms with Crippen LogP contribution in [0.15, 0.2) is 63.5 Å². The Morgan fingerprint density at radius 1 is 1.10 bits per heavy atom. The van der Waals surface area contributed by atoms with Crippen LogP contribution < -0.4 is 16.6 Å². The molecule has 0 aliphatic heterocycles. The fourth-order valence-electron chi connectivity index (χ4n) is 3.01. The van der Waals surface area contributed by atoms with Gasteiger partial charge < -0.3 is 5.32 Å². The molecule has 1 N–H and O–H groups in total. The van der Waals surface area contributed by atoms with Gasteiger partial charge in [-0.15, -0.1) is 11.3 Å². The molecule has 0 atom stereocenters. The van der Waals surface area contributed by atoms with Crippen molar-refractivity contribution in [2.45, 2.75) is 6.54 Å². The molecule has 4 aromatic rings. The minimum absolute atomic E-state index is 0.248. The first-order chi connectivity index (χ1) is 14.3. The zero-order valence-electron chi connectivity index (χ0n) is 15.1. The predicted molar refractivity (Wildman–Crippen MR) is 112 cm³/mol. The third-order valence-electron chi connectivity index (χ3n) is 4.33. The molecule has 0 unspecified atom stereocenters. The monoisotopic (exact) mass is 447 g/mol. The first kappa shape index (κ1) is 20.0. The summed E-state index contributed by atoms with van der Waals surface area (Å²) in [7, 11) is 0. The van der Waals surface area contributed by atoms with Crippen LogP contribution in [-0.4, -0.2) is 15.0 Å². The van der Waals surface area contributed by atoms with Crippen molar-refractivity contribution in [3.63, 3.8) is 0 Å². The van der Waals surface area contributed by atoms with Crippen LogP contribution in [0.4, 0.5) is 14.5 Å². The van der Waals surface area contributed by atoms with Crippen LogP contribution in [0, 0.1) is 11.6 Å². The minimum atomic E-state index is -0.818. The molecule has 0 saturated carbocycles. The van der Waals surface area contributed by atoms with Crippen LogP contribution in [-0.2, 0) is 11.3 Å². The summed E-state index contributed by atoms with van der Waals surface area (Å²) in [5.41, 5.74) is -1.14. The minimum Gasteiger partial charge on any atom is -0.322 e. The fraction of sp³-hybridized carbons (Fsp3) is 0.0500. The summed E-state index contributed by atoms with van der Waals surface area (Å²) in [5.74, 6) is -2.30. The number of amides is 1. The summed E-state index contributed by atoms with van der Waals surface area (Å²) in [4.78, 5) is 38.4. The molecule has 0 fully saturated rings. The van der Waals surface area contributed by atoms with E-state index in [1.165, 1.54) is 6.07 Å². The van der Waals surface area contributed by atoms with Gasteiger partial charge in [0.1, 0.15) is 22.9 Å². The van der Waals surface area contributed by atoms with Crippen LogP contribution in [0.1, 0.15) is 0 Å². The molecule has 0 saturated heterocycles. The Morgan fingerprint density at radius 2 is 1.90 bits per heavy atom. The molecule has 10 heteroatoms. The van der Waals surface area contributed by atoms with Crippen LogP contribution in [0.5, 0.6) is 0 Å². The average Bonchev–Trinajstić information content (AvgIpc) is 3.18. The van der Waals surface area contributed by atoms with E-state index in [2.05, 4.69) is 5.32 Å². The molecule has 0 bridgehead atoms. The van der Waals surface area contributed by atoms with Crippen molar-refractivity contribution in [1.29, 1.82) is 0 Å². The molecule has 2 aromatic heterocycles. The lowest BCUT2D eigenvalue weighted by molar-refractivity contribution is -0.116. The molecule has 0 aliphatic carbocycles. The molecule has 30 heavy (non-hydrogen) atoms. The Labute approximate surface area is 176 Å². The number of hydrogen-bond donors (Lipinski definition) is 1. The van der Waals surface area contributed by atoms with Gasteiger partial charge in [0.2, 0.25) is 5.91 Å². The summed E-state index contributed by atoms with van der Waals surface area (Å²) in [6, 6.07) is 10.4. The topological polar surface area (TPSA) is 73.1 Å². The molecule has 0 radical (unpaired) electrons. The third-order valence-corrected chi connectivity index (χ3v) is 5.45. The van der Waals surface area contributed by atoms with E-state index in [0.717, 1.165) is 38.7 Å². The lowest BCUT2D eigenvalue weighted by atomic mass is 10.3. The summed E-state index contributed by atoms with van der Waals surface area (Å²) in [6.07, 6.45) is 0. The highest BCUT2D eigenvalue weighted by atomic mass is 35.5. The number of rotatable bonds is 4. The number of aromatic nitrogens is 2. The van der Waals surface area contributed by atoms with Gasteiger partial charge in [0.15, 0.2) is 0 Å². The molecule has 4 rings (SSSR count). The van der Waals surface area contributed by atoms with Gasteiger partial charge in [0, 0.05) is 11.1 Å². The zero-order chi connectivity index (χ0) is 21.4. The van der Waals surface area contributed by atoms with E-state index in [9.17, 15) is 23.2 Å². The highest BCUT2D eigenvalue weighted by Gasteiger charge is 2.18. The summed E-state index contributed by atoms with van der Waals surface area (Å²) in [6.45, 7) is -0.511. The van der Waals surface area contributed by atoms with Gasteiger partial charge >= 0.3 is 5.69 Å². The van der Waals surface area contributed by atoms with Crippen molar-refractivity contribution in [3.05, 3.63) is 91.4 Å². The maximum atomic E-state index is 13.8. The van der Waals surface area contributed by atoms with Crippen molar-refractivity contribution in [2.24, 2.45) is 0 Å². The molecule has 0 spiro atoms. The van der Waals surface area contributed by atoms with Crippen molar-refractivity contribution in [1.82, 2.24) is 9.13 Å². The molecular weight excluding hydrogens is 436 g/mol. The van der Waals surface area contributed by atoms with Crippen molar-refractivity contribution in [2.75, 3.05) is 5.32 Å². The summed E-state index contributed by atoms with van der Waals surface area (Å²) in [5, 5.41) is 4.20. The van der Waals surface area contributed by atoms with E-state index in [0.29, 0.717) is 5.02 Å². The SMILES string of the molecule is O=C(Cn1c(=O)n(-c2cccc(Cl)c2)c(=O)c2sccc21)Nc1cc(F)ccc1F. The quantitative estimate of drug-likeness (QED) is 0.517. The second-order valence-corrected chi connectivity index (χ2v) is 7.65. The van der Waals surface area contributed by atoms with Crippen LogP contribution in [0.3, 0.4) is 0 Å². The predicted octanol–water partition coefficient (Wildman–Crippen LogP) is 3.78. The summed E-state index contributed by atoms with van der Waals surface area (Å²) >= 11 is 7.10. The normalized spacial score (nSPS) is 11.0. The number of fused-ring (bicyclic) bond motifs is 1. The molecule has 1 amide bonds. The average molecular weight is 448 g/mol. The first-order valence-electron chi connectivity index (χ1n) is 8.59. The van der Waals surface area contributed by atoms with E-state index in [-0.39, 0.29) is 21.6 Å². The number of nitrogens with one attached hydrogen (secondary N) is 1. The number of benzene rings is 2. The van der Waals surface area contributed by atoms with Crippen LogP contribution in [0.25, 0.3) is 15.9 Å². The largest absolute Gasteiger partial charge is 0.336 e. The van der Waals surface area contributed by atoms with E-state index in [1.807, 2.05) is 0 Å². The van der Waals surface area contributed by atoms with E-state index >= 15 is 0 Å². The Balaban J connectivity index is 1.80. The highest BCUT2D eigenvalue weighted by Crippen LogP contribution is 2.19. The van der Waals surface area contributed by atoms with Crippen LogP contribution >= 0.6 is 22.9 Å². The first-order valence-corrected chi connectivity index (χ1v) is 9.85. The van der Waals surface area contributed by atoms with Gasteiger partial charge in [0.05, 0.1) is 16.9 Å². The molecule has 6 nitrogen and oxygen atoms in total. The van der Waals surface area contributed by atoms with Crippen molar-refractivity contribution < 1.29 is 13.6 Å². The molecule has 2 aromatic carbocycles. The van der Waals surface area contributed by atoms with Crippen molar-refractivity contribution >= 4 is 44.7 Å². The number of nitrogens with zero attached hydrogens (tertiary/aromatic N) is 2. The molecule has 0 aliphatic rings. The van der Waals surface area contributed by atoms with Gasteiger partial charge in [-0.3, -0.25) is 14.2 Å². The second-order valence-electron chi connectivity index (χ2n) is 6.30. The van der Waals surface area contributed by atoms with E-state index in [1.54, 1.807) is 29.6 Å². The maximum Gasteiger partial charge on any atom is 0.336 e. The number of halogens is 3. The zero-order valence-corrected chi connectivity index (χ0v) is 16.6. The van der Waals surface area contributed by atoms with E-state index in [4.69, 9.17) is 11.6 Å². The van der Waals surface area contributed by atoms with Gasteiger partial charge in [-0.05, 0) is 41.8 Å². The molecule has 2 heterocycles. The lowest BCUT2D eigenvalue weighted by Crippen LogP contribution is -2.40. The van der Waals surface area contributed by atoms with Crippen LogP contribution in [0.2, 0.25) is 5.02 Å². The van der Waals surface area contributed by atoms with E-state index < -0.39 is 35.3 Å². The Morgan fingerprint density at radius 3 is 2.67 bits per heavy atom. The maximum absolute atomic E-state index is 13.8. The Bertz CT molecular complexity index is 1410. The fourth-order valence-corrected chi connectivity index (χ4v) is 4.02. The number of hydrogen-bond acceptors (Lipinski definition) is 4. The Hall–Kier alpha value is -3.30. The number of carbonyl (C=O) groups is 1. The van der Waals surface area contributed by atoms with Gasteiger partial charge in [-0.1, -0.05) is 17.7 Å². The van der Waals surface area contributed by atoms with Gasteiger partial charge in [-0.25, -0.2) is 18.1 Å². The standard InChI is InChI=1S/C20H12ClF2N3O3S/c21-11-2-1-3-13(8-11)26-19(28)18-16(6-7-30-18)25(20(26)29)10-17(27)24-15-9-12(22)4-5-14(15)23/h1-9H,10H2,(H,24,27). The molecule has 152 valence electrons. The van der Waals surface area contributed by atoms with Gasteiger partial charge in [0.25, 0.3) is 5.56 Å². The number of anilines is 1. The van der Waals surface area contributed by atoms with Gasteiger partial charge in [-0.2, -0.15) is 0 Å². The highest BCUT2D eigenvalue weighted by molar-refractivity contribution is 7.17. The number of carbonyl (C=O) groups excluding carboxylic acids is 1. The summed E-state index contributed by atoms with van der Waals surface area (Å²) < 4.78 is 29.5. The van der Waals surface area contributed by atoms with Crippen molar-refractivity contribution in [3.8, 4) is 5.69 Å². The number of thiophene rings is 1. The second kappa shape index (κ2) is 7.85. The Kier molecular flexibility index (Phi) is 5.23. The smallest absolute Gasteiger partial charge is 0.322 e. The lowest BCUT2D eigenvalue weighted by Gasteiger charge is -2.13.